The van der Waals surface area contributed by atoms with Gasteiger partial charge in [0.15, 0.2) is 0 Å². The van der Waals surface area contributed by atoms with Gasteiger partial charge in [-0.2, -0.15) is 5.26 Å². The van der Waals surface area contributed by atoms with Crippen molar-refractivity contribution in [3.05, 3.63) is 54.0 Å². The molecular formula is C19H20N4O2. The van der Waals surface area contributed by atoms with E-state index in [4.69, 9.17) is 10.00 Å². The summed E-state index contributed by atoms with van der Waals surface area (Å²) in [7, 11) is 0. The fraction of sp³-hybridized carbons (Fsp3) is 0.368. The average molecular weight is 336 g/mol. The summed E-state index contributed by atoms with van der Waals surface area (Å²) in [6.45, 7) is 1.21. The van der Waals surface area contributed by atoms with Crippen molar-refractivity contribution >= 4 is 5.91 Å². The molecule has 1 aliphatic rings. The van der Waals surface area contributed by atoms with Gasteiger partial charge in [0.25, 0.3) is 5.88 Å². The summed E-state index contributed by atoms with van der Waals surface area (Å²) in [6.07, 6.45) is 5.85. The topological polar surface area (TPSA) is 79.1 Å². The predicted molar refractivity (Wildman–Crippen MR) is 91.7 cm³/mol. The van der Waals surface area contributed by atoms with Gasteiger partial charge in [-0.25, -0.2) is 9.97 Å². The van der Waals surface area contributed by atoms with E-state index in [0.29, 0.717) is 19.5 Å². The molecule has 6 heteroatoms. The number of aromatic nitrogens is 2. The highest BCUT2D eigenvalue weighted by Gasteiger charge is 2.28. The summed E-state index contributed by atoms with van der Waals surface area (Å²) in [5, 5.41) is 9.03. The smallest absolute Gasteiger partial charge is 0.251 e. The third-order valence-electron chi connectivity index (χ3n) is 4.25. The van der Waals surface area contributed by atoms with Crippen molar-refractivity contribution in [3.63, 3.8) is 0 Å². The van der Waals surface area contributed by atoms with Crippen molar-refractivity contribution in [3.8, 4) is 11.9 Å². The minimum atomic E-state index is -0.137. The molecule has 0 saturated carbocycles. The Bertz CT molecular complexity index is 758. The van der Waals surface area contributed by atoms with E-state index in [-0.39, 0.29) is 23.6 Å². The zero-order valence-corrected chi connectivity index (χ0v) is 14.0. The number of carbonyl (C=O) groups is 1. The van der Waals surface area contributed by atoms with Crippen LogP contribution in [0.3, 0.4) is 0 Å². The van der Waals surface area contributed by atoms with Crippen LogP contribution in [0.4, 0.5) is 0 Å². The molecule has 1 saturated heterocycles. The maximum atomic E-state index is 12.3. The zero-order chi connectivity index (χ0) is 17.5. The number of carbonyl (C=O) groups excluding carboxylic acids is 1. The van der Waals surface area contributed by atoms with Gasteiger partial charge in [-0.05, 0) is 18.4 Å². The van der Waals surface area contributed by atoms with Crippen LogP contribution >= 0.6 is 0 Å². The number of ether oxygens (including phenoxy) is 1. The quantitative estimate of drug-likeness (QED) is 0.809. The van der Waals surface area contributed by atoms with Crippen LogP contribution in [0.5, 0.6) is 5.88 Å². The number of aryl methyl sites for hydroxylation is 1. The van der Waals surface area contributed by atoms with E-state index in [9.17, 15) is 4.79 Å². The normalized spacial score (nSPS) is 16.4. The molecule has 0 N–H and O–H groups in total. The van der Waals surface area contributed by atoms with E-state index in [0.717, 1.165) is 19.3 Å². The number of hydrogen-bond donors (Lipinski definition) is 0. The monoisotopic (exact) mass is 336 g/mol. The third-order valence-corrected chi connectivity index (χ3v) is 4.25. The first kappa shape index (κ1) is 16.9. The Morgan fingerprint density at radius 2 is 2.08 bits per heavy atom. The predicted octanol–water partition coefficient (Wildman–Crippen LogP) is 2.35. The summed E-state index contributed by atoms with van der Waals surface area (Å²) >= 11 is 0. The Morgan fingerprint density at radius 1 is 1.28 bits per heavy atom. The van der Waals surface area contributed by atoms with Gasteiger partial charge in [0.2, 0.25) is 11.6 Å². The van der Waals surface area contributed by atoms with Crippen LogP contribution in [0.25, 0.3) is 0 Å². The summed E-state index contributed by atoms with van der Waals surface area (Å²) in [5.74, 6) is 0.398. The van der Waals surface area contributed by atoms with Gasteiger partial charge in [0.05, 0.1) is 6.54 Å². The van der Waals surface area contributed by atoms with Gasteiger partial charge in [0, 0.05) is 31.8 Å². The first-order valence-corrected chi connectivity index (χ1v) is 8.45. The van der Waals surface area contributed by atoms with Crippen LogP contribution in [-0.4, -0.2) is 40.0 Å². The average Bonchev–Trinajstić information content (AvgIpc) is 3.12. The lowest BCUT2D eigenvalue weighted by Crippen LogP contribution is -2.31. The largest absolute Gasteiger partial charge is 0.470 e. The highest BCUT2D eigenvalue weighted by molar-refractivity contribution is 5.76. The molecule has 25 heavy (non-hydrogen) atoms. The van der Waals surface area contributed by atoms with Gasteiger partial charge < -0.3 is 9.64 Å². The van der Waals surface area contributed by atoms with Crippen LogP contribution in [0.15, 0.2) is 42.7 Å². The molecule has 128 valence electrons. The molecule has 2 aromatic rings. The Hall–Kier alpha value is -2.94. The van der Waals surface area contributed by atoms with Gasteiger partial charge in [-0.1, -0.05) is 30.3 Å². The summed E-state index contributed by atoms with van der Waals surface area (Å²) in [6, 6.07) is 12.2. The highest BCUT2D eigenvalue weighted by atomic mass is 16.5. The van der Waals surface area contributed by atoms with Crippen LogP contribution < -0.4 is 4.74 Å². The first-order chi connectivity index (χ1) is 12.3. The fourth-order valence-corrected chi connectivity index (χ4v) is 2.94. The van der Waals surface area contributed by atoms with Gasteiger partial charge in [-0.15, -0.1) is 0 Å². The lowest BCUT2D eigenvalue weighted by atomic mass is 10.1. The maximum absolute atomic E-state index is 12.3. The molecule has 1 amide bonds. The van der Waals surface area contributed by atoms with Crippen LogP contribution in [0.1, 0.15) is 30.5 Å². The molecule has 1 fully saturated rings. The third kappa shape index (κ3) is 4.54. The Morgan fingerprint density at radius 3 is 2.88 bits per heavy atom. The van der Waals surface area contributed by atoms with Crippen molar-refractivity contribution in [2.45, 2.75) is 31.8 Å². The maximum Gasteiger partial charge on any atom is 0.251 e. The molecule has 0 bridgehead atoms. The Balaban J connectivity index is 1.46. The van der Waals surface area contributed by atoms with E-state index >= 15 is 0 Å². The molecule has 3 rings (SSSR count). The molecule has 1 atom stereocenters. The van der Waals surface area contributed by atoms with Crippen LogP contribution in [-0.2, 0) is 11.2 Å². The number of benzene rings is 1. The summed E-state index contributed by atoms with van der Waals surface area (Å²) < 4.78 is 5.76. The summed E-state index contributed by atoms with van der Waals surface area (Å²) in [5.41, 5.74) is 1.43. The molecule has 1 aromatic heterocycles. The zero-order valence-electron chi connectivity index (χ0n) is 14.0. The SMILES string of the molecule is N#Cc1nccnc1OC1CCN(C(=O)CCCc2ccccc2)C1. The van der Waals surface area contributed by atoms with E-state index in [1.165, 1.54) is 18.0 Å². The van der Waals surface area contributed by atoms with Crippen molar-refractivity contribution < 1.29 is 9.53 Å². The van der Waals surface area contributed by atoms with Crippen molar-refractivity contribution in [1.82, 2.24) is 14.9 Å². The molecular weight excluding hydrogens is 316 g/mol. The first-order valence-electron chi connectivity index (χ1n) is 8.45. The molecule has 0 spiro atoms. The molecule has 0 radical (unpaired) electrons. The Labute approximate surface area is 147 Å². The van der Waals surface area contributed by atoms with Crippen LogP contribution in [0, 0.1) is 11.3 Å². The van der Waals surface area contributed by atoms with Crippen molar-refractivity contribution in [1.29, 1.82) is 5.26 Å². The lowest BCUT2D eigenvalue weighted by Gasteiger charge is -2.17. The minimum Gasteiger partial charge on any atom is -0.470 e. The number of nitriles is 1. The highest BCUT2D eigenvalue weighted by Crippen LogP contribution is 2.19. The van der Waals surface area contributed by atoms with Crippen molar-refractivity contribution in [2.24, 2.45) is 0 Å². The van der Waals surface area contributed by atoms with Gasteiger partial charge in [0.1, 0.15) is 12.2 Å². The lowest BCUT2D eigenvalue weighted by molar-refractivity contribution is -0.130. The van der Waals surface area contributed by atoms with Crippen molar-refractivity contribution in [2.75, 3.05) is 13.1 Å². The van der Waals surface area contributed by atoms with E-state index < -0.39 is 0 Å². The van der Waals surface area contributed by atoms with Crippen LogP contribution in [0.2, 0.25) is 0 Å². The van der Waals surface area contributed by atoms with Gasteiger partial charge in [-0.3, -0.25) is 4.79 Å². The minimum absolute atomic E-state index is 0.137. The number of nitrogens with zero attached hydrogens (tertiary/aromatic N) is 4. The second kappa shape index (κ2) is 8.25. The number of amides is 1. The second-order valence-corrected chi connectivity index (χ2v) is 6.03. The number of likely N-dealkylation sites (tertiary alicyclic amines) is 1. The molecule has 6 nitrogen and oxygen atoms in total. The molecule has 1 aliphatic heterocycles. The second-order valence-electron chi connectivity index (χ2n) is 6.03. The standard InChI is InChI=1S/C19H20N4O2/c20-13-17-19(22-11-10-21-17)25-16-9-12-23(14-16)18(24)8-4-7-15-5-2-1-3-6-15/h1-3,5-6,10-11,16H,4,7-9,12,14H2. The molecule has 0 aliphatic carbocycles. The number of hydrogen-bond acceptors (Lipinski definition) is 5. The summed E-state index contributed by atoms with van der Waals surface area (Å²) in [4.78, 5) is 22.2. The fourth-order valence-electron chi connectivity index (χ4n) is 2.94. The van der Waals surface area contributed by atoms with Gasteiger partial charge >= 0.3 is 0 Å². The number of rotatable bonds is 6. The van der Waals surface area contributed by atoms with E-state index in [1.807, 2.05) is 29.2 Å². The Kier molecular flexibility index (Phi) is 5.57. The molecule has 2 heterocycles. The molecule has 1 unspecified atom stereocenters. The van der Waals surface area contributed by atoms with E-state index in [1.54, 1.807) is 0 Å². The van der Waals surface area contributed by atoms with E-state index in [2.05, 4.69) is 22.1 Å². The molecule has 1 aromatic carbocycles.